The van der Waals surface area contributed by atoms with Gasteiger partial charge >= 0.3 is 6.09 Å². The molecule has 0 unspecified atom stereocenters. The molecule has 0 N–H and O–H groups in total. The number of carbonyl (C=O) groups is 2. The molecule has 0 radical (unpaired) electrons. The average Bonchev–Trinajstić information content (AvgIpc) is 2.95. The summed E-state index contributed by atoms with van der Waals surface area (Å²) in [6.45, 7) is 11.5. The predicted octanol–water partition coefficient (Wildman–Crippen LogP) is 3.99. The fraction of sp³-hybridized carbons (Fsp3) is 0.579. The van der Waals surface area contributed by atoms with Gasteiger partial charge in [0.2, 0.25) is 0 Å². The highest BCUT2D eigenvalue weighted by Crippen LogP contribution is 2.38. The number of amides is 1. The summed E-state index contributed by atoms with van der Waals surface area (Å²) in [7, 11) is -1.94. The van der Waals surface area contributed by atoms with Crippen molar-refractivity contribution in [1.82, 2.24) is 4.90 Å². The molecule has 0 saturated carbocycles. The lowest BCUT2D eigenvalue weighted by Gasteiger charge is -2.38. The van der Waals surface area contributed by atoms with Gasteiger partial charge in [-0.3, -0.25) is 4.90 Å². The van der Waals surface area contributed by atoms with Gasteiger partial charge in [0.05, 0.1) is 12.1 Å². The molecule has 1 aliphatic rings. The second-order valence-corrected chi connectivity index (χ2v) is 12.9. The molecule has 138 valence electrons. The highest BCUT2D eigenvalue weighted by molar-refractivity contribution is 6.74. The fourth-order valence-electron chi connectivity index (χ4n) is 2.65. The molecule has 0 spiro atoms. The van der Waals surface area contributed by atoms with Crippen LogP contribution in [0.15, 0.2) is 30.3 Å². The Bertz CT molecular complexity index is 597. The van der Waals surface area contributed by atoms with Gasteiger partial charge in [-0.15, -0.1) is 0 Å². The van der Waals surface area contributed by atoms with Gasteiger partial charge in [0.1, 0.15) is 12.9 Å². The minimum absolute atomic E-state index is 0.0882. The molecule has 5 nitrogen and oxygen atoms in total. The van der Waals surface area contributed by atoms with E-state index in [2.05, 4.69) is 33.9 Å². The molecular weight excluding hydrogens is 334 g/mol. The quantitative estimate of drug-likeness (QED) is 0.586. The van der Waals surface area contributed by atoms with E-state index in [9.17, 15) is 9.59 Å². The van der Waals surface area contributed by atoms with Crippen LogP contribution in [-0.4, -0.2) is 44.3 Å². The summed E-state index contributed by atoms with van der Waals surface area (Å²) in [5.74, 6) is 0. The summed E-state index contributed by atoms with van der Waals surface area (Å²) in [6, 6.07) is 9.04. The summed E-state index contributed by atoms with van der Waals surface area (Å²) in [5, 5.41) is 0.0882. The van der Waals surface area contributed by atoms with Gasteiger partial charge in [-0.1, -0.05) is 51.1 Å². The van der Waals surface area contributed by atoms with Crippen LogP contribution in [0.3, 0.4) is 0 Å². The fourth-order valence-corrected chi connectivity index (χ4v) is 4.00. The molecular formula is C19H29NO4Si. The van der Waals surface area contributed by atoms with Crippen molar-refractivity contribution >= 4 is 20.7 Å². The normalized spacial score (nSPS) is 21.2. The van der Waals surface area contributed by atoms with Gasteiger partial charge in [-0.2, -0.15) is 0 Å². The van der Waals surface area contributed by atoms with Crippen LogP contribution >= 0.6 is 0 Å². The second-order valence-electron chi connectivity index (χ2n) is 8.13. The van der Waals surface area contributed by atoms with E-state index in [1.54, 1.807) is 0 Å². The van der Waals surface area contributed by atoms with E-state index in [4.69, 9.17) is 9.16 Å². The number of hydrogen-bond donors (Lipinski definition) is 0. The van der Waals surface area contributed by atoms with E-state index in [-0.39, 0.29) is 17.7 Å². The van der Waals surface area contributed by atoms with Crippen LogP contribution < -0.4 is 0 Å². The van der Waals surface area contributed by atoms with Crippen molar-refractivity contribution in [1.29, 1.82) is 0 Å². The molecule has 2 rings (SSSR count). The maximum absolute atomic E-state index is 12.4. The van der Waals surface area contributed by atoms with Gasteiger partial charge in [0.15, 0.2) is 8.32 Å². The monoisotopic (exact) mass is 363 g/mol. The van der Waals surface area contributed by atoms with Crippen molar-refractivity contribution in [2.24, 2.45) is 0 Å². The van der Waals surface area contributed by atoms with Crippen molar-refractivity contribution in [3.8, 4) is 0 Å². The lowest BCUT2D eigenvalue weighted by Crippen LogP contribution is -2.44. The highest BCUT2D eigenvalue weighted by atomic mass is 28.4. The summed E-state index contributed by atoms with van der Waals surface area (Å²) >= 11 is 0. The topological polar surface area (TPSA) is 55.8 Å². The van der Waals surface area contributed by atoms with Crippen molar-refractivity contribution < 1.29 is 18.8 Å². The zero-order valence-electron chi connectivity index (χ0n) is 15.8. The van der Waals surface area contributed by atoms with Crippen LogP contribution in [0.25, 0.3) is 0 Å². The van der Waals surface area contributed by atoms with E-state index in [0.717, 1.165) is 11.8 Å². The van der Waals surface area contributed by atoms with Gasteiger partial charge in [0, 0.05) is 13.0 Å². The Balaban J connectivity index is 1.96. The number of hydrogen-bond acceptors (Lipinski definition) is 4. The van der Waals surface area contributed by atoms with E-state index in [0.29, 0.717) is 13.0 Å². The van der Waals surface area contributed by atoms with Crippen molar-refractivity contribution in [3.63, 3.8) is 0 Å². The average molecular weight is 364 g/mol. The molecule has 25 heavy (non-hydrogen) atoms. The number of benzene rings is 1. The van der Waals surface area contributed by atoms with Gasteiger partial charge < -0.3 is 14.0 Å². The van der Waals surface area contributed by atoms with Crippen LogP contribution in [0.4, 0.5) is 4.79 Å². The molecule has 6 heteroatoms. The third-order valence-corrected chi connectivity index (χ3v) is 9.70. The number of aldehydes is 1. The summed E-state index contributed by atoms with van der Waals surface area (Å²) < 4.78 is 11.7. The maximum Gasteiger partial charge on any atom is 0.410 e. The molecule has 1 saturated heterocycles. The Morgan fingerprint density at radius 1 is 1.28 bits per heavy atom. The number of ether oxygens (including phenoxy) is 1. The van der Waals surface area contributed by atoms with E-state index >= 15 is 0 Å². The van der Waals surface area contributed by atoms with Crippen molar-refractivity contribution in [2.45, 2.75) is 64.1 Å². The number of rotatable bonds is 5. The van der Waals surface area contributed by atoms with E-state index < -0.39 is 20.5 Å². The SMILES string of the molecule is CC(C)(C)[Si](C)(C)O[C@H]1C[C@H](C=O)N(C(=O)OCc2ccccc2)C1. The predicted molar refractivity (Wildman–Crippen MR) is 99.9 cm³/mol. The number of carbonyl (C=O) groups excluding carboxylic acids is 2. The summed E-state index contributed by atoms with van der Waals surface area (Å²) in [6.07, 6.45) is 0.789. The van der Waals surface area contributed by atoms with Gasteiger partial charge in [-0.25, -0.2) is 4.79 Å². The van der Waals surface area contributed by atoms with Crippen LogP contribution in [0.2, 0.25) is 18.1 Å². The number of likely N-dealkylation sites (tertiary alicyclic amines) is 1. The molecule has 1 heterocycles. The molecule has 1 aromatic rings. The molecule has 1 amide bonds. The Labute approximate surface area is 151 Å². The molecule has 2 atom stereocenters. The molecule has 0 bridgehead atoms. The number of nitrogens with zero attached hydrogens (tertiary/aromatic N) is 1. The third kappa shape index (κ3) is 4.92. The smallest absolute Gasteiger partial charge is 0.410 e. The van der Waals surface area contributed by atoms with Gasteiger partial charge in [0.25, 0.3) is 0 Å². The van der Waals surface area contributed by atoms with Crippen LogP contribution in [0, 0.1) is 0 Å². The first-order chi connectivity index (χ1) is 11.6. The summed E-state index contributed by atoms with van der Waals surface area (Å²) in [4.78, 5) is 25.3. The van der Waals surface area contributed by atoms with E-state index in [1.165, 1.54) is 4.90 Å². The van der Waals surface area contributed by atoms with Crippen LogP contribution in [0.5, 0.6) is 0 Å². The summed E-state index contributed by atoms with van der Waals surface area (Å²) in [5.41, 5.74) is 0.923. The lowest BCUT2D eigenvalue weighted by atomic mass is 10.2. The minimum atomic E-state index is -1.94. The van der Waals surface area contributed by atoms with Crippen LogP contribution in [0.1, 0.15) is 32.8 Å². The van der Waals surface area contributed by atoms with Crippen LogP contribution in [-0.2, 0) is 20.6 Å². The lowest BCUT2D eigenvalue weighted by molar-refractivity contribution is -0.111. The Morgan fingerprint density at radius 3 is 2.48 bits per heavy atom. The Hall–Kier alpha value is -1.66. The first kappa shape index (κ1) is 19.7. The van der Waals surface area contributed by atoms with Crippen molar-refractivity contribution in [2.75, 3.05) is 6.54 Å². The zero-order valence-corrected chi connectivity index (χ0v) is 16.8. The van der Waals surface area contributed by atoms with E-state index in [1.807, 2.05) is 30.3 Å². The zero-order chi connectivity index (χ0) is 18.7. The Kier molecular flexibility index (Phi) is 6.06. The highest BCUT2D eigenvalue weighted by Gasteiger charge is 2.43. The first-order valence-corrected chi connectivity index (χ1v) is 11.7. The van der Waals surface area contributed by atoms with Crippen molar-refractivity contribution in [3.05, 3.63) is 35.9 Å². The molecule has 1 aliphatic heterocycles. The Morgan fingerprint density at radius 2 is 1.92 bits per heavy atom. The molecule has 0 aromatic heterocycles. The maximum atomic E-state index is 12.4. The standard InChI is InChI=1S/C19H29NO4Si/c1-19(2,3)25(4,5)24-17-11-16(13-21)20(12-17)18(22)23-14-15-9-7-6-8-10-15/h6-10,13,16-17H,11-12,14H2,1-5H3/t16-,17+/m1/s1. The third-order valence-electron chi connectivity index (χ3n) is 5.17. The second kappa shape index (κ2) is 7.70. The molecule has 0 aliphatic carbocycles. The molecule has 1 fully saturated rings. The first-order valence-electron chi connectivity index (χ1n) is 8.74. The minimum Gasteiger partial charge on any atom is -0.445 e. The van der Waals surface area contributed by atoms with Gasteiger partial charge in [-0.05, 0) is 23.7 Å². The molecule has 1 aromatic carbocycles. The largest absolute Gasteiger partial charge is 0.445 e.